The summed E-state index contributed by atoms with van der Waals surface area (Å²) in [4.78, 5) is 10.6. The molecule has 0 aliphatic heterocycles. The first kappa shape index (κ1) is 12.6. The van der Waals surface area contributed by atoms with Gasteiger partial charge >= 0.3 is 0 Å². The maximum Gasteiger partial charge on any atom is 0.165 e. The molecular formula is C11H13FO4. The monoisotopic (exact) mass is 228 g/mol. The molecule has 0 amide bonds. The van der Waals surface area contributed by atoms with E-state index in [9.17, 15) is 9.18 Å². The molecule has 0 saturated carbocycles. The van der Waals surface area contributed by atoms with E-state index >= 15 is 0 Å². The molecule has 88 valence electrons. The number of carbonyl (C=O) groups is 1. The first-order chi connectivity index (χ1) is 7.79. The molecule has 4 nitrogen and oxygen atoms in total. The molecule has 0 aromatic heterocycles. The van der Waals surface area contributed by atoms with E-state index in [0.29, 0.717) is 6.29 Å². The van der Waals surface area contributed by atoms with Gasteiger partial charge in [-0.05, 0) is 12.1 Å². The summed E-state index contributed by atoms with van der Waals surface area (Å²) in [5.74, 6) is -0.642. The van der Waals surface area contributed by atoms with Gasteiger partial charge < -0.3 is 14.6 Å². The van der Waals surface area contributed by atoms with Gasteiger partial charge in [-0.1, -0.05) is 6.07 Å². The maximum atomic E-state index is 13.2. The fourth-order valence-electron chi connectivity index (χ4n) is 1.14. The second-order valence-electron chi connectivity index (χ2n) is 2.96. The summed E-state index contributed by atoms with van der Waals surface area (Å²) in [6.45, 7) is 0.495. The van der Waals surface area contributed by atoms with Crippen molar-refractivity contribution in [2.75, 3.05) is 26.4 Å². The second kappa shape index (κ2) is 6.92. The lowest BCUT2D eigenvalue weighted by Gasteiger charge is -2.09. The molecule has 1 aromatic rings. The van der Waals surface area contributed by atoms with Gasteiger partial charge in [0.25, 0.3) is 0 Å². The molecule has 0 spiro atoms. The lowest BCUT2D eigenvalue weighted by molar-refractivity contribution is 0.0693. The number of halogens is 1. The van der Waals surface area contributed by atoms with Crippen LogP contribution in [-0.2, 0) is 4.74 Å². The molecule has 0 radical (unpaired) electrons. The molecule has 0 saturated heterocycles. The summed E-state index contributed by atoms with van der Waals surface area (Å²) in [6, 6.07) is 4.13. The Hall–Kier alpha value is -1.46. The third-order valence-corrected chi connectivity index (χ3v) is 1.83. The minimum Gasteiger partial charge on any atom is -0.487 e. The lowest BCUT2D eigenvalue weighted by atomic mass is 10.2. The van der Waals surface area contributed by atoms with E-state index in [0.717, 1.165) is 0 Å². The Labute approximate surface area is 92.6 Å². The van der Waals surface area contributed by atoms with Gasteiger partial charge in [-0.15, -0.1) is 0 Å². The first-order valence-corrected chi connectivity index (χ1v) is 4.84. The number of hydrogen-bond acceptors (Lipinski definition) is 4. The SMILES string of the molecule is O=Cc1cccc(F)c1OCCOCCO. The van der Waals surface area contributed by atoms with Gasteiger partial charge in [0.1, 0.15) is 6.61 Å². The molecule has 1 N–H and O–H groups in total. The topological polar surface area (TPSA) is 55.8 Å². The molecule has 16 heavy (non-hydrogen) atoms. The first-order valence-electron chi connectivity index (χ1n) is 4.84. The van der Waals surface area contributed by atoms with Crippen molar-refractivity contribution >= 4 is 6.29 Å². The van der Waals surface area contributed by atoms with Crippen LogP contribution >= 0.6 is 0 Å². The summed E-state index contributed by atoms with van der Waals surface area (Å²) in [7, 11) is 0. The zero-order valence-corrected chi connectivity index (χ0v) is 8.69. The van der Waals surface area contributed by atoms with Crippen molar-refractivity contribution in [1.29, 1.82) is 0 Å². The van der Waals surface area contributed by atoms with E-state index in [4.69, 9.17) is 14.6 Å². The number of para-hydroxylation sites is 1. The van der Waals surface area contributed by atoms with Crippen molar-refractivity contribution < 1.29 is 23.8 Å². The van der Waals surface area contributed by atoms with E-state index in [-0.39, 0.29) is 37.7 Å². The lowest BCUT2D eigenvalue weighted by Crippen LogP contribution is -2.10. The van der Waals surface area contributed by atoms with Crippen LogP contribution in [0.25, 0.3) is 0 Å². The van der Waals surface area contributed by atoms with Crippen LogP contribution in [0.5, 0.6) is 5.75 Å². The highest BCUT2D eigenvalue weighted by Gasteiger charge is 2.08. The van der Waals surface area contributed by atoms with Gasteiger partial charge in [0.15, 0.2) is 17.9 Å². The average Bonchev–Trinajstić information content (AvgIpc) is 2.30. The zero-order valence-electron chi connectivity index (χ0n) is 8.69. The number of rotatable bonds is 7. The number of carbonyl (C=O) groups excluding carboxylic acids is 1. The number of hydrogen-bond donors (Lipinski definition) is 1. The van der Waals surface area contributed by atoms with Crippen LogP contribution in [0.2, 0.25) is 0 Å². The predicted octanol–water partition coefficient (Wildman–Crippen LogP) is 1.03. The highest BCUT2D eigenvalue weighted by atomic mass is 19.1. The third kappa shape index (κ3) is 3.60. The van der Waals surface area contributed by atoms with Crippen molar-refractivity contribution in [3.63, 3.8) is 0 Å². The Morgan fingerprint density at radius 1 is 1.31 bits per heavy atom. The molecule has 0 atom stereocenters. The van der Waals surface area contributed by atoms with Crippen molar-refractivity contribution in [3.8, 4) is 5.75 Å². The largest absolute Gasteiger partial charge is 0.487 e. The Kier molecular flexibility index (Phi) is 5.45. The number of benzene rings is 1. The van der Waals surface area contributed by atoms with Crippen LogP contribution in [0.15, 0.2) is 18.2 Å². The van der Waals surface area contributed by atoms with E-state index in [1.165, 1.54) is 18.2 Å². The normalized spacial score (nSPS) is 10.1. The van der Waals surface area contributed by atoms with Crippen molar-refractivity contribution in [3.05, 3.63) is 29.6 Å². The Morgan fingerprint density at radius 2 is 2.12 bits per heavy atom. The Balaban J connectivity index is 2.49. The summed E-state index contributed by atoms with van der Waals surface area (Å²) in [5.41, 5.74) is 0.169. The van der Waals surface area contributed by atoms with Crippen molar-refractivity contribution in [2.24, 2.45) is 0 Å². The van der Waals surface area contributed by atoms with E-state index in [2.05, 4.69) is 0 Å². The van der Waals surface area contributed by atoms with Gasteiger partial charge in [0, 0.05) is 0 Å². The van der Waals surface area contributed by atoms with Crippen LogP contribution in [0.4, 0.5) is 4.39 Å². The minimum absolute atomic E-state index is 0.0647. The smallest absolute Gasteiger partial charge is 0.165 e. The highest BCUT2D eigenvalue weighted by Crippen LogP contribution is 2.20. The third-order valence-electron chi connectivity index (χ3n) is 1.83. The summed E-state index contributed by atoms with van der Waals surface area (Å²) < 4.78 is 23.3. The fourth-order valence-corrected chi connectivity index (χ4v) is 1.14. The Morgan fingerprint density at radius 3 is 2.81 bits per heavy atom. The zero-order chi connectivity index (χ0) is 11.8. The molecule has 0 heterocycles. The van der Waals surface area contributed by atoms with Gasteiger partial charge in [-0.2, -0.15) is 0 Å². The standard InChI is InChI=1S/C11H13FO4/c12-10-3-1-2-9(8-14)11(10)16-7-6-15-5-4-13/h1-3,8,13H,4-7H2. The van der Waals surface area contributed by atoms with Crippen LogP contribution in [0.3, 0.4) is 0 Å². The quantitative estimate of drug-likeness (QED) is 0.559. The van der Waals surface area contributed by atoms with E-state index in [1.807, 2.05) is 0 Å². The number of aliphatic hydroxyl groups is 1. The molecule has 1 rings (SSSR count). The Bertz CT molecular complexity index is 341. The predicted molar refractivity (Wildman–Crippen MR) is 55.2 cm³/mol. The number of ether oxygens (including phenoxy) is 2. The second-order valence-corrected chi connectivity index (χ2v) is 2.96. The van der Waals surface area contributed by atoms with Crippen LogP contribution in [-0.4, -0.2) is 37.8 Å². The molecule has 1 aromatic carbocycles. The number of aliphatic hydroxyl groups excluding tert-OH is 1. The molecular weight excluding hydrogens is 215 g/mol. The van der Waals surface area contributed by atoms with Crippen molar-refractivity contribution in [2.45, 2.75) is 0 Å². The van der Waals surface area contributed by atoms with Gasteiger partial charge in [-0.25, -0.2) is 4.39 Å². The molecule has 0 bridgehead atoms. The van der Waals surface area contributed by atoms with E-state index < -0.39 is 5.82 Å². The molecule has 5 heteroatoms. The van der Waals surface area contributed by atoms with Crippen LogP contribution in [0, 0.1) is 5.82 Å². The van der Waals surface area contributed by atoms with Crippen molar-refractivity contribution in [1.82, 2.24) is 0 Å². The van der Waals surface area contributed by atoms with Crippen LogP contribution in [0.1, 0.15) is 10.4 Å². The molecule has 0 unspecified atom stereocenters. The van der Waals surface area contributed by atoms with Gasteiger partial charge in [0.2, 0.25) is 0 Å². The maximum absolute atomic E-state index is 13.2. The summed E-state index contributed by atoms with van der Waals surface area (Å²) in [5, 5.41) is 8.44. The molecule has 0 aliphatic rings. The molecule has 0 aliphatic carbocycles. The van der Waals surface area contributed by atoms with Gasteiger partial charge in [0.05, 0.1) is 25.4 Å². The number of aldehydes is 1. The summed E-state index contributed by atoms with van der Waals surface area (Å²) in [6.07, 6.45) is 0.535. The van der Waals surface area contributed by atoms with Gasteiger partial charge in [-0.3, -0.25) is 4.79 Å². The van der Waals surface area contributed by atoms with E-state index in [1.54, 1.807) is 0 Å². The summed E-state index contributed by atoms with van der Waals surface area (Å²) >= 11 is 0. The highest BCUT2D eigenvalue weighted by molar-refractivity contribution is 5.79. The fraction of sp³-hybridized carbons (Fsp3) is 0.364. The molecule has 0 fully saturated rings. The average molecular weight is 228 g/mol. The minimum atomic E-state index is -0.577. The van der Waals surface area contributed by atoms with Crippen LogP contribution < -0.4 is 4.74 Å².